The number of nitrogens with zero attached hydrogens (tertiary/aromatic N) is 1. The zero-order valence-corrected chi connectivity index (χ0v) is 20.3. The highest BCUT2D eigenvalue weighted by Crippen LogP contribution is 2.31. The summed E-state index contributed by atoms with van der Waals surface area (Å²) in [5, 5.41) is 6.52. The van der Waals surface area contributed by atoms with Crippen molar-refractivity contribution in [2.24, 2.45) is 0 Å². The van der Waals surface area contributed by atoms with E-state index in [1.807, 2.05) is 49.4 Å². The molecule has 0 spiro atoms. The Morgan fingerprint density at radius 1 is 1.12 bits per heavy atom. The average Bonchev–Trinajstić information content (AvgIpc) is 2.83. The normalized spacial score (nSPS) is 15.7. The number of rotatable bonds is 10. The standard InChI is InChI=1S/C25H29N3O5S/c1-17-22(24(30)33-13-12-31-3)23(27-25(34)28(17)2)19-10-7-11-20(14-19)26-21(29)16-32-15-18-8-5-4-6-9-18/h4-11,14,23H,12-13,15-16H2,1-3H3,(H,26,29)(H,27,34). The molecule has 1 aliphatic rings. The van der Waals surface area contributed by atoms with Crippen molar-refractivity contribution in [1.82, 2.24) is 10.2 Å². The van der Waals surface area contributed by atoms with E-state index in [-0.39, 0.29) is 19.1 Å². The second kappa shape index (κ2) is 12.3. The number of benzene rings is 2. The molecular formula is C25H29N3O5S. The number of allylic oxidation sites excluding steroid dienone is 1. The Labute approximate surface area is 204 Å². The van der Waals surface area contributed by atoms with E-state index in [9.17, 15) is 9.59 Å². The first-order chi connectivity index (χ1) is 16.4. The Balaban J connectivity index is 1.71. The van der Waals surface area contributed by atoms with Crippen LogP contribution in [0.1, 0.15) is 24.1 Å². The van der Waals surface area contributed by atoms with Gasteiger partial charge in [-0.05, 0) is 42.4 Å². The Bertz CT molecular complexity index is 1060. The molecule has 0 saturated heterocycles. The van der Waals surface area contributed by atoms with Crippen molar-refractivity contribution in [1.29, 1.82) is 0 Å². The lowest BCUT2D eigenvalue weighted by Gasteiger charge is -2.35. The largest absolute Gasteiger partial charge is 0.460 e. The third-order valence-corrected chi connectivity index (χ3v) is 5.73. The molecule has 180 valence electrons. The molecule has 0 radical (unpaired) electrons. The highest BCUT2D eigenvalue weighted by molar-refractivity contribution is 7.80. The number of carbonyl (C=O) groups excluding carboxylic acids is 2. The first-order valence-electron chi connectivity index (χ1n) is 10.8. The zero-order chi connectivity index (χ0) is 24.5. The van der Waals surface area contributed by atoms with Crippen molar-refractivity contribution < 1.29 is 23.8 Å². The summed E-state index contributed by atoms with van der Waals surface area (Å²) in [6.45, 7) is 2.54. The molecular weight excluding hydrogens is 454 g/mol. The lowest BCUT2D eigenvalue weighted by molar-refractivity contribution is -0.140. The van der Waals surface area contributed by atoms with Crippen LogP contribution in [-0.2, 0) is 30.4 Å². The van der Waals surface area contributed by atoms with E-state index in [4.69, 9.17) is 26.4 Å². The van der Waals surface area contributed by atoms with E-state index in [1.54, 1.807) is 31.2 Å². The van der Waals surface area contributed by atoms with Gasteiger partial charge in [-0.1, -0.05) is 42.5 Å². The van der Waals surface area contributed by atoms with Gasteiger partial charge >= 0.3 is 5.97 Å². The van der Waals surface area contributed by atoms with Crippen LogP contribution in [0.2, 0.25) is 0 Å². The van der Waals surface area contributed by atoms with Crippen LogP contribution in [0.5, 0.6) is 0 Å². The number of carbonyl (C=O) groups is 2. The Hall–Kier alpha value is -3.27. The molecule has 0 saturated carbocycles. The van der Waals surface area contributed by atoms with Gasteiger partial charge in [0.15, 0.2) is 5.11 Å². The topological polar surface area (TPSA) is 89.1 Å². The van der Waals surface area contributed by atoms with Crippen LogP contribution < -0.4 is 10.6 Å². The van der Waals surface area contributed by atoms with Crippen molar-refractivity contribution in [3.8, 4) is 0 Å². The number of thiocarbonyl (C=S) groups is 1. The molecule has 9 heteroatoms. The predicted molar refractivity (Wildman–Crippen MR) is 133 cm³/mol. The first-order valence-corrected chi connectivity index (χ1v) is 11.2. The van der Waals surface area contributed by atoms with Crippen LogP contribution in [-0.4, -0.2) is 55.9 Å². The highest BCUT2D eigenvalue weighted by atomic mass is 32.1. The van der Waals surface area contributed by atoms with Crippen LogP contribution >= 0.6 is 12.2 Å². The van der Waals surface area contributed by atoms with Gasteiger partial charge in [-0.15, -0.1) is 0 Å². The van der Waals surface area contributed by atoms with E-state index in [1.165, 1.54) is 0 Å². The van der Waals surface area contributed by atoms with Crippen LogP contribution in [0.3, 0.4) is 0 Å². The molecule has 1 unspecified atom stereocenters. The average molecular weight is 484 g/mol. The molecule has 34 heavy (non-hydrogen) atoms. The van der Waals surface area contributed by atoms with Gasteiger partial charge in [0.2, 0.25) is 5.91 Å². The molecule has 2 aromatic carbocycles. The number of hydrogen-bond acceptors (Lipinski definition) is 6. The van der Waals surface area contributed by atoms with Crippen molar-refractivity contribution in [2.45, 2.75) is 19.6 Å². The van der Waals surface area contributed by atoms with Crippen molar-refractivity contribution in [2.75, 3.05) is 39.3 Å². The van der Waals surface area contributed by atoms with Crippen molar-refractivity contribution in [3.63, 3.8) is 0 Å². The summed E-state index contributed by atoms with van der Waals surface area (Å²) >= 11 is 5.44. The van der Waals surface area contributed by atoms with E-state index < -0.39 is 12.0 Å². The second-order valence-corrected chi connectivity index (χ2v) is 8.11. The minimum atomic E-state index is -0.523. The first kappa shape index (κ1) is 25.4. The highest BCUT2D eigenvalue weighted by Gasteiger charge is 2.33. The van der Waals surface area contributed by atoms with Gasteiger partial charge in [0.25, 0.3) is 0 Å². The molecule has 1 atom stereocenters. The van der Waals surface area contributed by atoms with E-state index in [0.717, 1.165) is 11.1 Å². The van der Waals surface area contributed by atoms with E-state index in [2.05, 4.69) is 10.6 Å². The minimum Gasteiger partial charge on any atom is -0.460 e. The third-order valence-electron chi connectivity index (χ3n) is 5.34. The number of methoxy groups -OCH3 is 1. The molecule has 3 rings (SSSR count). The molecule has 8 nitrogen and oxygen atoms in total. The fourth-order valence-corrected chi connectivity index (χ4v) is 3.73. The molecule has 1 amide bonds. The predicted octanol–water partition coefficient (Wildman–Crippen LogP) is 3.17. The minimum absolute atomic E-state index is 0.0776. The Morgan fingerprint density at radius 2 is 1.88 bits per heavy atom. The maximum atomic E-state index is 12.9. The summed E-state index contributed by atoms with van der Waals surface area (Å²) in [5.41, 5.74) is 3.48. The van der Waals surface area contributed by atoms with Gasteiger partial charge in [0.05, 0.1) is 24.8 Å². The molecule has 1 heterocycles. The van der Waals surface area contributed by atoms with Gasteiger partial charge in [-0.2, -0.15) is 0 Å². The molecule has 0 fully saturated rings. The molecule has 2 N–H and O–H groups in total. The number of amides is 1. The van der Waals surface area contributed by atoms with Crippen LogP contribution in [0.4, 0.5) is 5.69 Å². The van der Waals surface area contributed by atoms with E-state index >= 15 is 0 Å². The van der Waals surface area contributed by atoms with E-state index in [0.29, 0.717) is 35.3 Å². The maximum Gasteiger partial charge on any atom is 0.338 e. The maximum absolute atomic E-state index is 12.9. The summed E-state index contributed by atoms with van der Waals surface area (Å²) in [6.07, 6.45) is 0. The zero-order valence-electron chi connectivity index (χ0n) is 19.5. The summed E-state index contributed by atoms with van der Waals surface area (Å²) in [7, 11) is 3.33. The molecule has 0 aromatic heterocycles. The number of anilines is 1. The second-order valence-electron chi connectivity index (χ2n) is 7.72. The quantitative estimate of drug-likeness (QED) is 0.303. The summed E-state index contributed by atoms with van der Waals surface area (Å²) in [5.74, 6) is -0.726. The lowest BCUT2D eigenvalue weighted by atomic mass is 9.95. The summed E-state index contributed by atoms with van der Waals surface area (Å²) in [4.78, 5) is 27.0. The van der Waals surface area contributed by atoms with Gasteiger partial charge < -0.3 is 29.7 Å². The van der Waals surface area contributed by atoms with Crippen molar-refractivity contribution in [3.05, 3.63) is 77.0 Å². The van der Waals surface area contributed by atoms with Crippen LogP contribution in [0.15, 0.2) is 65.9 Å². The SMILES string of the molecule is COCCOC(=O)C1=C(C)N(C)C(=S)NC1c1cccc(NC(=O)COCc2ccccc2)c1. The fourth-order valence-electron chi connectivity index (χ4n) is 3.47. The monoisotopic (exact) mass is 483 g/mol. The fraction of sp³-hybridized carbons (Fsp3) is 0.320. The number of ether oxygens (including phenoxy) is 3. The summed E-state index contributed by atoms with van der Waals surface area (Å²) < 4.78 is 15.9. The number of nitrogens with one attached hydrogen (secondary N) is 2. The molecule has 0 aliphatic carbocycles. The molecule has 1 aliphatic heterocycles. The van der Waals surface area contributed by atoms with Gasteiger partial charge in [0.1, 0.15) is 13.2 Å². The number of hydrogen-bond donors (Lipinski definition) is 2. The van der Waals surface area contributed by atoms with Gasteiger partial charge in [-0.3, -0.25) is 4.79 Å². The Morgan fingerprint density at radius 3 is 2.62 bits per heavy atom. The van der Waals surface area contributed by atoms with Gasteiger partial charge in [-0.25, -0.2) is 4.79 Å². The Kier molecular flexibility index (Phi) is 9.15. The third kappa shape index (κ3) is 6.63. The smallest absolute Gasteiger partial charge is 0.338 e. The molecule has 0 bridgehead atoms. The summed E-state index contributed by atoms with van der Waals surface area (Å²) in [6, 6.07) is 16.4. The lowest BCUT2D eigenvalue weighted by Crippen LogP contribution is -2.46. The molecule has 2 aromatic rings. The van der Waals surface area contributed by atoms with Crippen LogP contribution in [0.25, 0.3) is 0 Å². The van der Waals surface area contributed by atoms with Gasteiger partial charge in [0, 0.05) is 25.5 Å². The van der Waals surface area contributed by atoms with Crippen molar-refractivity contribution >= 4 is 34.9 Å². The number of esters is 1. The van der Waals surface area contributed by atoms with Crippen LogP contribution in [0, 0.1) is 0 Å².